The zero-order valence-corrected chi connectivity index (χ0v) is 61.9. The van der Waals surface area contributed by atoms with E-state index in [0.717, 1.165) is 42.3 Å². The van der Waals surface area contributed by atoms with Crippen LogP contribution in [0.1, 0.15) is 12.5 Å². The predicted octanol–water partition coefficient (Wildman–Crippen LogP) is -2.20. The van der Waals surface area contributed by atoms with Crippen LogP contribution < -0.4 is 30.4 Å². The summed E-state index contributed by atoms with van der Waals surface area (Å²) >= 11 is 0. The second-order valence-electron chi connectivity index (χ2n) is 22.2. The Kier molecular flexibility index (Phi) is 28.2. The van der Waals surface area contributed by atoms with E-state index in [1.807, 2.05) is 0 Å². The summed E-state index contributed by atoms with van der Waals surface area (Å²) in [6, 6.07) is 12.4. The van der Waals surface area contributed by atoms with Gasteiger partial charge in [-0.1, -0.05) is 0 Å². The molecule has 23 atom stereocenters. The average molecular weight is 1720 g/mol. The Hall–Kier alpha value is -5.81. The van der Waals surface area contributed by atoms with Gasteiger partial charge in [-0.15, -0.1) is 0 Å². The Morgan fingerprint density at radius 2 is 0.734 bits per heavy atom. The molecule has 4 aliphatic heterocycles. The molecule has 4 saturated heterocycles. The lowest BCUT2D eigenvalue weighted by Gasteiger charge is -2.21. The summed E-state index contributed by atoms with van der Waals surface area (Å²) in [7, 11) is -41.7. The van der Waals surface area contributed by atoms with E-state index in [-0.39, 0.29) is 39.7 Å². The molecular weight excluding hydrogens is 1650 g/mol. The highest BCUT2D eigenvalue weighted by atomic mass is 31.3. The second kappa shape index (κ2) is 35.3. The van der Waals surface area contributed by atoms with Crippen molar-refractivity contribution in [2.75, 3.05) is 52.1 Å². The molecule has 2 aromatic carbocycles. The van der Waals surface area contributed by atoms with Crippen LogP contribution in [0.4, 0.5) is 11.6 Å². The number of rotatable bonds is 31. The van der Waals surface area contributed by atoms with Gasteiger partial charge in [-0.25, -0.2) is 75.7 Å². The minimum absolute atomic E-state index is 0.0113. The quantitative estimate of drug-likeness (QED) is 0.0205. The van der Waals surface area contributed by atoms with Crippen molar-refractivity contribution in [2.45, 2.75) is 98.3 Å². The zero-order chi connectivity index (χ0) is 80.1. The van der Waals surface area contributed by atoms with Gasteiger partial charge < -0.3 is 134 Å². The van der Waals surface area contributed by atoms with Crippen molar-refractivity contribution in [3.05, 3.63) is 92.6 Å². The van der Waals surface area contributed by atoms with E-state index in [0.29, 0.717) is 21.6 Å². The van der Waals surface area contributed by atoms with Crippen LogP contribution >= 0.6 is 62.5 Å². The van der Waals surface area contributed by atoms with E-state index >= 15 is 0 Å². The monoisotopic (exact) mass is 1720 g/mol. The van der Waals surface area contributed by atoms with Crippen LogP contribution in [0.15, 0.2) is 92.6 Å². The summed E-state index contributed by atoms with van der Waals surface area (Å²) in [5.41, 5.74) is 12.0. The van der Waals surface area contributed by atoms with Crippen LogP contribution in [-0.2, 0) is 95.1 Å². The van der Waals surface area contributed by atoms with E-state index in [1.165, 1.54) is 49.4 Å². The molecular formula is C47H66N12O42P8. The van der Waals surface area contributed by atoms with Gasteiger partial charge in [0, 0.05) is 12.4 Å². The average Bonchev–Trinajstić information content (AvgIpc) is 1.63. The highest BCUT2D eigenvalue weighted by Gasteiger charge is 2.52. The van der Waals surface area contributed by atoms with Crippen LogP contribution in [0.5, 0.6) is 23.0 Å². The minimum atomic E-state index is -6.18. The first-order chi connectivity index (χ1) is 50.8. The molecule has 7 unspecified atom stereocenters. The van der Waals surface area contributed by atoms with Crippen molar-refractivity contribution in [3.63, 3.8) is 0 Å². The van der Waals surface area contributed by atoms with Crippen LogP contribution in [0.25, 0.3) is 22.3 Å². The number of hydrogen-bond donors (Lipinski definition) is 19. The highest BCUT2D eigenvalue weighted by Crippen LogP contribution is 2.72. The van der Waals surface area contributed by atoms with Crippen LogP contribution in [0.2, 0.25) is 0 Å². The standard InChI is InChI=1S/C22H31N5O21P4.C13H18N7O12P3.C12H17O9P/c1-40-10-2-4-11(5-3-10)43-22-18(31)16(29)13(45-22)7-42-50(34,35)47-52(38,39)48-51(36,37)46-49(32,33)41-6-12-15(28)17(30)21(44-12)27-9-26-14-19(23)24-8-25-20(14)27;14-11-8-12(17-4-16-11)20(6-18-8)13-10(22)9(21)7(30-13)3-29-34(25,26)32-35(27,28)31-33(23,24)19-2-1-15-5-19;1-18-7-2-4-8(5-3-7)20-12-11(14)10(13)9(21-12)6-19-22(15,16)17/h2-5,8-9,12-13,15-18,21-22,28-31H,6-7H2,1H3,(H,32,33)(H,34,35)(H,36,37)(H,38,39)(H2,23,24,25);1-2,4-7,9-10,13,21-22H,3H2,(H,23,24)(H,25,26)(H,27,28)(H2,14,16,17);2-5,9-14H,6H2,1H3,(H2,15,16,17)/t12-,13-,15-,16-,17-,18-,21-,22-;7-,9-,10-,13-;9-,10-,11-,12-/m111/s1. The number of phosphoric ester groups is 4. The molecule has 9 heterocycles. The number of hydrogen-bond acceptors (Lipinski definition) is 42. The van der Waals surface area contributed by atoms with E-state index < -0.39 is 187 Å². The smallest absolute Gasteiger partial charge is 0.490 e. The Balaban J connectivity index is 0.000000206. The summed E-state index contributed by atoms with van der Waals surface area (Å²) in [6.07, 6.45) is -16.8. The Bertz CT molecular complexity index is 4650. The molecule has 7 aromatic rings. The maximum Gasteiger partial charge on any atom is 0.490 e. The number of ether oxygens (including phenoxy) is 8. The molecule has 0 bridgehead atoms. The first-order valence-corrected chi connectivity index (χ1v) is 41.9. The molecule has 62 heteroatoms. The minimum Gasteiger partial charge on any atom is -0.497 e. The first kappa shape index (κ1) is 87.2. The number of nitrogens with two attached hydrogens (primary N) is 2. The number of methoxy groups -OCH3 is 2. The molecule has 0 aliphatic carbocycles. The number of benzene rings is 2. The number of aromatic nitrogens is 10. The fourth-order valence-electron chi connectivity index (χ4n) is 9.67. The van der Waals surface area contributed by atoms with Crippen LogP contribution in [-0.4, -0.2) is 260 Å². The Labute approximate surface area is 607 Å². The maximum atomic E-state index is 12.4. The lowest BCUT2D eigenvalue weighted by Crippen LogP contribution is -2.35. The lowest BCUT2D eigenvalue weighted by atomic mass is 10.1. The number of aliphatic hydroxyl groups excluding tert-OH is 8. The molecule has 4 aliphatic rings. The maximum absolute atomic E-state index is 12.4. The van der Waals surface area contributed by atoms with E-state index in [9.17, 15) is 112 Å². The fourth-order valence-corrected chi connectivity index (χ4v) is 18.7. The number of aliphatic hydroxyl groups is 8. The SMILES string of the molecule is COc1ccc(O[C@@H]2O[C@H](COP(=O)(O)O)[C@@H](O)[C@H]2O)cc1.COc1ccc(O[C@@H]2O[C@H](COP(=O)(O)OP(=O)(O)OP(=O)(O)OP(=O)(O)OC[C@H]3O[C@@H](n4cnc5c(N)ncnc54)[C@H](O)[C@@H]3O)[C@@H](O)[C@H]2O)cc1.Nc1ncnc2c1ncn2[C@@H]1O[C@H](COP(=O)(O)OP(=O)(O)OP(=O)(O)n2ccnc2)[C@@H](O)[C@H]1O. The molecule has 5 aromatic heterocycles. The van der Waals surface area contributed by atoms with Gasteiger partial charge in [-0.2, -0.15) is 21.6 Å². The molecule has 0 saturated carbocycles. The van der Waals surface area contributed by atoms with Gasteiger partial charge in [0.25, 0.3) is 0 Å². The third kappa shape index (κ3) is 23.0. The lowest BCUT2D eigenvalue weighted by molar-refractivity contribution is -0.115. The van der Waals surface area contributed by atoms with Crippen LogP contribution in [0.3, 0.4) is 0 Å². The fraction of sp³-hybridized carbons (Fsp3) is 0.468. The number of nitrogen functional groups attached to an aromatic ring is 2. The van der Waals surface area contributed by atoms with Gasteiger partial charge in [0.05, 0.1) is 53.3 Å². The second-order valence-corrected chi connectivity index (χ2v) is 34.6. The van der Waals surface area contributed by atoms with Gasteiger partial charge in [0.1, 0.15) is 126 Å². The summed E-state index contributed by atoms with van der Waals surface area (Å²) in [6.45, 7) is -3.70. The molecule has 11 rings (SSSR count). The molecule has 0 spiro atoms. The number of phosphoric acid groups is 7. The van der Waals surface area contributed by atoms with Gasteiger partial charge in [-0.3, -0.25) is 27.2 Å². The summed E-state index contributed by atoms with van der Waals surface area (Å²) in [5, 5.41) is 81.6. The van der Waals surface area contributed by atoms with Crippen LogP contribution in [0, 0.1) is 0 Å². The molecule has 4 fully saturated rings. The topological polar surface area (TPSA) is 794 Å². The number of nitrogens with zero attached hydrogens (tertiary/aromatic N) is 10. The molecule has 54 nitrogen and oxygen atoms in total. The van der Waals surface area contributed by atoms with Gasteiger partial charge in [0.15, 0.2) is 35.4 Å². The largest absolute Gasteiger partial charge is 0.497 e. The van der Waals surface area contributed by atoms with Crippen molar-refractivity contribution in [1.82, 2.24) is 48.4 Å². The van der Waals surface area contributed by atoms with E-state index in [4.69, 9.17) is 59.1 Å². The summed E-state index contributed by atoms with van der Waals surface area (Å²) in [5.74, 6) is 1.68. The van der Waals surface area contributed by atoms with Crippen molar-refractivity contribution < 1.29 is 199 Å². The first-order valence-electron chi connectivity index (χ1n) is 29.8. The van der Waals surface area contributed by atoms with Crippen molar-refractivity contribution in [3.8, 4) is 23.0 Å². The third-order valence-electron chi connectivity index (χ3n) is 14.7. The Morgan fingerprint density at radius 1 is 0.404 bits per heavy atom. The van der Waals surface area contributed by atoms with Crippen molar-refractivity contribution in [1.29, 1.82) is 0 Å². The Morgan fingerprint density at radius 3 is 1.08 bits per heavy atom. The summed E-state index contributed by atoms with van der Waals surface area (Å²) < 4.78 is 179. The third-order valence-corrected chi connectivity index (χ3v) is 25.7. The van der Waals surface area contributed by atoms with Crippen molar-refractivity contribution in [2.24, 2.45) is 0 Å². The highest BCUT2D eigenvalue weighted by molar-refractivity contribution is 7.70. The van der Waals surface area contributed by atoms with Crippen molar-refractivity contribution >= 4 is 96.5 Å². The number of imidazole rings is 3. The number of anilines is 2. The molecule has 21 N–H and O–H groups in total. The van der Waals surface area contributed by atoms with Gasteiger partial charge in [-0.05, 0) is 48.5 Å². The molecule has 109 heavy (non-hydrogen) atoms. The van der Waals surface area contributed by atoms with E-state index in [1.54, 1.807) is 24.3 Å². The summed E-state index contributed by atoms with van der Waals surface area (Å²) in [4.78, 5) is 113. The molecule has 606 valence electrons. The predicted molar refractivity (Wildman–Crippen MR) is 348 cm³/mol. The number of fused-ring (bicyclic) bond motifs is 2. The normalized spacial score (nSPS) is 29.5. The zero-order valence-electron chi connectivity index (χ0n) is 54.7. The molecule has 0 amide bonds. The molecule has 0 radical (unpaired) electrons. The van der Waals surface area contributed by atoms with E-state index in [2.05, 4.69) is 74.5 Å². The van der Waals surface area contributed by atoms with Gasteiger partial charge >= 0.3 is 62.5 Å². The van der Waals surface area contributed by atoms with Gasteiger partial charge in [0.2, 0.25) is 12.6 Å².